The fraction of sp³-hybridized carbons (Fsp3) is 0.345. The average Bonchev–Trinajstić information content (AvgIpc) is 2.84. The highest BCUT2D eigenvalue weighted by Gasteiger charge is 2.04. The van der Waals surface area contributed by atoms with Crippen LogP contribution in [0.15, 0.2) is 78.9 Å². The molecule has 0 unspecified atom stereocenters. The smallest absolute Gasteiger partial charge is 0.221 e. The molecule has 0 spiro atoms. The maximum atomic E-state index is 11.1. The second-order valence-corrected chi connectivity index (χ2v) is 8.44. The van der Waals surface area contributed by atoms with Crippen molar-refractivity contribution in [3.05, 3.63) is 95.6 Å². The van der Waals surface area contributed by atoms with E-state index in [1.54, 1.807) is 0 Å². The molecular weight excluding hydrogens is 408 g/mol. The summed E-state index contributed by atoms with van der Waals surface area (Å²) in [5.41, 5.74) is 4.72. The van der Waals surface area contributed by atoms with E-state index in [1.807, 2.05) is 30.3 Å². The fourth-order valence-electron chi connectivity index (χ4n) is 3.89. The third kappa shape index (κ3) is 9.11. The van der Waals surface area contributed by atoms with Crippen LogP contribution in [0.25, 0.3) is 0 Å². The number of rotatable bonds is 13. The summed E-state index contributed by atoms with van der Waals surface area (Å²) in [7, 11) is 0. The number of carbonyl (C=O) groups is 1. The molecule has 0 heterocycles. The van der Waals surface area contributed by atoms with Crippen LogP contribution >= 0.6 is 0 Å². The lowest BCUT2D eigenvalue weighted by atomic mass is 10.1. The molecule has 0 atom stereocenters. The van der Waals surface area contributed by atoms with E-state index in [0.29, 0.717) is 6.61 Å². The number of aryl methyl sites for hydroxylation is 2. The van der Waals surface area contributed by atoms with Gasteiger partial charge in [0, 0.05) is 12.6 Å². The molecule has 33 heavy (non-hydrogen) atoms. The molecule has 174 valence electrons. The third-order valence-corrected chi connectivity index (χ3v) is 5.77. The molecule has 0 saturated heterocycles. The van der Waals surface area contributed by atoms with Crippen molar-refractivity contribution in [2.75, 3.05) is 25.0 Å². The molecule has 0 aliphatic carbocycles. The van der Waals surface area contributed by atoms with Crippen LogP contribution in [0.2, 0.25) is 0 Å². The van der Waals surface area contributed by atoms with E-state index in [-0.39, 0.29) is 5.91 Å². The number of benzene rings is 3. The summed E-state index contributed by atoms with van der Waals surface area (Å²) in [4.78, 5) is 13.7. The summed E-state index contributed by atoms with van der Waals surface area (Å²) >= 11 is 0. The van der Waals surface area contributed by atoms with Gasteiger partial charge in [-0.3, -0.25) is 4.79 Å². The highest BCUT2D eigenvalue weighted by molar-refractivity contribution is 5.88. The van der Waals surface area contributed by atoms with Gasteiger partial charge < -0.3 is 15.0 Å². The molecule has 3 aromatic carbocycles. The Kier molecular flexibility index (Phi) is 9.99. The number of nitrogens with zero attached hydrogens (tertiary/aromatic N) is 1. The minimum absolute atomic E-state index is 0.0336. The highest BCUT2D eigenvalue weighted by atomic mass is 16.5. The first-order valence-corrected chi connectivity index (χ1v) is 12.0. The van der Waals surface area contributed by atoms with Gasteiger partial charge in [0.2, 0.25) is 5.91 Å². The van der Waals surface area contributed by atoms with E-state index in [1.165, 1.54) is 23.6 Å². The summed E-state index contributed by atoms with van der Waals surface area (Å²) in [5, 5.41) is 2.81. The predicted molar refractivity (Wildman–Crippen MR) is 137 cm³/mol. The van der Waals surface area contributed by atoms with Crippen LogP contribution in [0, 0.1) is 0 Å². The van der Waals surface area contributed by atoms with Gasteiger partial charge in [0.25, 0.3) is 0 Å². The van der Waals surface area contributed by atoms with E-state index in [2.05, 4.69) is 65.7 Å². The van der Waals surface area contributed by atoms with Gasteiger partial charge >= 0.3 is 0 Å². The van der Waals surface area contributed by atoms with Crippen molar-refractivity contribution < 1.29 is 9.53 Å². The van der Waals surface area contributed by atoms with Crippen molar-refractivity contribution in [2.24, 2.45) is 0 Å². The molecule has 0 fully saturated rings. The lowest BCUT2D eigenvalue weighted by molar-refractivity contribution is -0.114. The number of amides is 1. The first kappa shape index (κ1) is 24.5. The Morgan fingerprint density at radius 2 is 1.36 bits per heavy atom. The molecule has 1 amide bonds. The van der Waals surface area contributed by atoms with Crippen molar-refractivity contribution in [1.82, 2.24) is 4.90 Å². The van der Waals surface area contributed by atoms with Gasteiger partial charge in [-0.15, -0.1) is 0 Å². The Bertz CT molecular complexity index is 953. The van der Waals surface area contributed by atoms with Crippen molar-refractivity contribution in [3.8, 4) is 5.75 Å². The zero-order valence-corrected chi connectivity index (χ0v) is 19.9. The second-order valence-electron chi connectivity index (χ2n) is 8.44. The SMILES string of the molecule is CCN(CCCc1ccc(NC(C)=O)cc1)CCCc1ccc(OCc2ccccc2)cc1. The maximum Gasteiger partial charge on any atom is 0.221 e. The van der Waals surface area contributed by atoms with Crippen LogP contribution in [-0.2, 0) is 24.2 Å². The van der Waals surface area contributed by atoms with E-state index in [4.69, 9.17) is 4.74 Å². The van der Waals surface area contributed by atoms with Crippen molar-refractivity contribution >= 4 is 11.6 Å². The summed E-state index contributed by atoms with van der Waals surface area (Å²) in [6.45, 7) is 7.67. The molecule has 0 aliphatic heterocycles. The number of hydrogen-bond donors (Lipinski definition) is 1. The van der Waals surface area contributed by atoms with Gasteiger partial charge in [0.15, 0.2) is 0 Å². The lowest BCUT2D eigenvalue weighted by Crippen LogP contribution is -2.26. The van der Waals surface area contributed by atoms with Gasteiger partial charge in [-0.05, 0) is 86.3 Å². The molecule has 4 heteroatoms. The number of carbonyl (C=O) groups excluding carboxylic acids is 1. The van der Waals surface area contributed by atoms with Gasteiger partial charge in [0.05, 0.1) is 0 Å². The molecule has 0 aromatic heterocycles. The monoisotopic (exact) mass is 444 g/mol. The first-order valence-electron chi connectivity index (χ1n) is 12.0. The van der Waals surface area contributed by atoms with E-state index >= 15 is 0 Å². The third-order valence-electron chi connectivity index (χ3n) is 5.77. The molecule has 3 aromatic rings. The zero-order valence-electron chi connectivity index (χ0n) is 19.9. The summed E-state index contributed by atoms with van der Waals surface area (Å²) in [6.07, 6.45) is 4.44. The minimum Gasteiger partial charge on any atom is -0.489 e. The van der Waals surface area contributed by atoms with E-state index in [0.717, 1.165) is 56.8 Å². The van der Waals surface area contributed by atoms with Crippen LogP contribution in [-0.4, -0.2) is 30.4 Å². The van der Waals surface area contributed by atoms with Crippen LogP contribution in [0.1, 0.15) is 43.4 Å². The highest BCUT2D eigenvalue weighted by Crippen LogP contribution is 2.16. The Morgan fingerprint density at radius 1 is 0.788 bits per heavy atom. The van der Waals surface area contributed by atoms with Crippen molar-refractivity contribution in [3.63, 3.8) is 0 Å². The fourth-order valence-corrected chi connectivity index (χ4v) is 3.89. The molecule has 0 aliphatic rings. The normalized spacial score (nSPS) is 10.9. The Balaban J connectivity index is 1.33. The average molecular weight is 445 g/mol. The number of anilines is 1. The van der Waals surface area contributed by atoms with Crippen LogP contribution in [0.3, 0.4) is 0 Å². The molecule has 1 N–H and O–H groups in total. The Morgan fingerprint density at radius 3 is 1.91 bits per heavy atom. The van der Waals surface area contributed by atoms with Gasteiger partial charge in [-0.2, -0.15) is 0 Å². The van der Waals surface area contributed by atoms with Gasteiger partial charge in [-0.25, -0.2) is 0 Å². The first-order chi connectivity index (χ1) is 16.1. The minimum atomic E-state index is -0.0336. The van der Waals surface area contributed by atoms with E-state index in [9.17, 15) is 4.79 Å². The molecule has 4 nitrogen and oxygen atoms in total. The van der Waals surface area contributed by atoms with E-state index < -0.39 is 0 Å². The van der Waals surface area contributed by atoms with Crippen LogP contribution < -0.4 is 10.1 Å². The Labute approximate surface area is 198 Å². The topological polar surface area (TPSA) is 41.6 Å². The largest absolute Gasteiger partial charge is 0.489 e. The maximum absolute atomic E-state index is 11.1. The number of nitrogens with one attached hydrogen (secondary N) is 1. The summed E-state index contributed by atoms with van der Waals surface area (Å²) in [5.74, 6) is 0.886. The van der Waals surface area contributed by atoms with Gasteiger partial charge in [0.1, 0.15) is 12.4 Å². The number of hydrogen-bond acceptors (Lipinski definition) is 3. The summed E-state index contributed by atoms with van der Waals surface area (Å²) in [6, 6.07) is 26.9. The second kappa shape index (κ2) is 13.4. The molecule has 0 saturated carbocycles. The lowest BCUT2D eigenvalue weighted by Gasteiger charge is -2.20. The van der Waals surface area contributed by atoms with Gasteiger partial charge in [-0.1, -0.05) is 61.5 Å². The molecule has 0 bridgehead atoms. The summed E-state index contributed by atoms with van der Waals surface area (Å²) < 4.78 is 5.88. The molecule has 3 rings (SSSR count). The quantitative estimate of drug-likeness (QED) is 0.346. The molecule has 0 radical (unpaired) electrons. The van der Waals surface area contributed by atoms with Crippen LogP contribution in [0.5, 0.6) is 5.75 Å². The van der Waals surface area contributed by atoms with Crippen molar-refractivity contribution in [2.45, 2.75) is 46.1 Å². The standard InChI is InChI=1S/C29H36N2O2/c1-3-31(21-7-11-25-13-17-28(18-14-25)30-24(2)32)22-8-12-26-15-19-29(20-16-26)33-23-27-9-5-4-6-10-27/h4-6,9-10,13-20H,3,7-8,11-12,21-23H2,1-2H3,(H,30,32). The Hall–Kier alpha value is -3.11. The molecular formula is C29H36N2O2. The zero-order chi connectivity index (χ0) is 23.3. The van der Waals surface area contributed by atoms with Crippen LogP contribution in [0.4, 0.5) is 5.69 Å². The predicted octanol–water partition coefficient (Wildman–Crippen LogP) is 6.11. The number of ether oxygens (including phenoxy) is 1. The van der Waals surface area contributed by atoms with Crippen molar-refractivity contribution in [1.29, 1.82) is 0 Å².